The highest BCUT2D eigenvalue weighted by atomic mass is 16.5. The van der Waals surface area contributed by atoms with Gasteiger partial charge in [0.05, 0.1) is 12.7 Å². The van der Waals surface area contributed by atoms with Crippen molar-refractivity contribution in [1.29, 1.82) is 0 Å². The Kier molecular flexibility index (Phi) is 8.84. The molecule has 16 heavy (non-hydrogen) atoms. The van der Waals surface area contributed by atoms with E-state index < -0.39 is 6.10 Å². The summed E-state index contributed by atoms with van der Waals surface area (Å²) in [6.07, 6.45) is 0.565. The molecule has 0 aromatic heterocycles. The number of nitrogens with zero attached hydrogens (tertiary/aromatic N) is 1. The second kappa shape index (κ2) is 8.93. The summed E-state index contributed by atoms with van der Waals surface area (Å²) in [6, 6.07) is 0.242. The van der Waals surface area contributed by atoms with Gasteiger partial charge >= 0.3 is 0 Å². The summed E-state index contributed by atoms with van der Waals surface area (Å²) in [5.41, 5.74) is 5.96. The quantitative estimate of drug-likeness (QED) is 0.614. The predicted molar refractivity (Wildman–Crippen MR) is 67.4 cm³/mol. The maximum atomic E-state index is 9.63. The molecular formula is C12H28N2O2. The number of likely N-dealkylation sites (N-methyl/N-ethyl adjacent to an activating group) is 1. The normalized spacial score (nSPS) is 15.8. The van der Waals surface area contributed by atoms with Gasteiger partial charge in [-0.2, -0.15) is 0 Å². The lowest BCUT2D eigenvalue weighted by atomic mass is 10.0. The molecule has 0 aromatic rings. The zero-order valence-corrected chi connectivity index (χ0v) is 11.1. The minimum atomic E-state index is -0.403. The van der Waals surface area contributed by atoms with E-state index in [1.807, 2.05) is 14.0 Å². The van der Waals surface area contributed by atoms with Gasteiger partial charge in [-0.15, -0.1) is 0 Å². The first-order valence-corrected chi connectivity index (χ1v) is 6.17. The van der Waals surface area contributed by atoms with Crippen molar-refractivity contribution in [2.45, 2.75) is 39.3 Å². The highest BCUT2D eigenvalue weighted by molar-refractivity contribution is 4.68. The van der Waals surface area contributed by atoms with Crippen LogP contribution in [0.2, 0.25) is 0 Å². The molecule has 0 aliphatic heterocycles. The average molecular weight is 232 g/mol. The SMILES string of the molecule is CCOCC(O)CN(C)CCC(N)C(C)C. The summed E-state index contributed by atoms with van der Waals surface area (Å²) in [6.45, 7) is 8.82. The second-order valence-electron chi connectivity index (χ2n) is 4.77. The van der Waals surface area contributed by atoms with E-state index in [-0.39, 0.29) is 6.04 Å². The van der Waals surface area contributed by atoms with Crippen molar-refractivity contribution in [1.82, 2.24) is 4.90 Å². The zero-order chi connectivity index (χ0) is 12.6. The van der Waals surface area contributed by atoms with E-state index in [0.717, 1.165) is 13.0 Å². The van der Waals surface area contributed by atoms with Gasteiger partial charge in [0.1, 0.15) is 0 Å². The first kappa shape index (κ1) is 15.8. The topological polar surface area (TPSA) is 58.7 Å². The van der Waals surface area contributed by atoms with E-state index in [1.165, 1.54) is 0 Å². The Morgan fingerprint density at radius 3 is 2.50 bits per heavy atom. The summed E-state index contributed by atoms with van der Waals surface area (Å²) in [4.78, 5) is 2.10. The summed E-state index contributed by atoms with van der Waals surface area (Å²) < 4.78 is 5.16. The molecule has 0 aliphatic carbocycles. The van der Waals surface area contributed by atoms with Crippen molar-refractivity contribution in [3.05, 3.63) is 0 Å². The van der Waals surface area contributed by atoms with Gasteiger partial charge in [-0.1, -0.05) is 13.8 Å². The molecule has 3 N–H and O–H groups in total. The molecule has 2 atom stereocenters. The summed E-state index contributed by atoms with van der Waals surface area (Å²) >= 11 is 0. The minimum absolute atomic E-state index is 0.242. The van der Waals surface area contributed by atoms with Gasteiger partial charge in [-0.3, -0.25) is 0 Å². The van der Waals surface area contributed by atoms with Gasteiger partial charge in [-0.05, 0) is 32.9 Å². The summed E-state index contributed by atoms with van der Waals surface area (Å²) in [5.74, 6) is 0.516. The van der Waals surface area contributed by atoms with Crippen molar-refractivity contribution < 1.29 is 9.84 Å². The van der Waals surface area contributed by atoms with Gasteiger partial charge in [0.15, 0.2) is 0 Å². The molecule has 98 valence electrons. The molecule has 0 bridgehead atoms. The van der Waals surface area contributed by atoms with E-state index in [4.69, 9.17) is 10.5 Å². The Balaban J connectivity index is 3.60. The summed E-state index contributed by atoms with van der Waals surface area (Å²) in [7, 11) is 2.00. The number of nitrogens with two attached hydrogens (primary N) is 1. The first-order chi connectivity index (χ1) is 7.47. The first-order valence-electron chi connectivity index (χ1n) is 6.17. The van der Waals surface area contributed by atoms with Crippen LogP contribution in [0, 0.1) is 5.92 Å². The van der Waals surface area contributed by atoms with Crippen molar-refractivity contribution in [2.24, 2.45) is 11.7 Å². The Morgan fingerprint density at radius 2 is 2.00 bits per heavy atom. The van der Waals surface area contributed by atoms with E-state index in [9.17, 15) is 5.11 Å². The molecule has 0 fully saturated rings. The fourth-order valence-corrected chi connectivity index (χ4v) is 1.46. The molecule has 0 saturated carbocycles. The van der Waals surface area contributed by atoms with Crippen LogP contribution in [-0.4, -0.2) is 55.5 Å². The Morgan fingerprint density at radius 1 is 1.38 bits per heavy atom. The van der Waals surface area contributed by atoms with Crippen LogP contribution >= 0.6 is 0 Å². The average Bonchev–Trinajstić information content (AvgIpc) is 2.22. The molecule has 0 aromatic carbocycles. The molecular weight excluding hydrogens is 204 g/mol. The Bertz CT molecular complexity index is 165. The lowest BCUT2D eigenvalue weighted by Gasteiger charge is -2.23. The third-order valence-corrected chi connectivity index (χ3v) is 2.74. The molecule has 0 heterocycles. The molecule has 0 aliphatic rings. The van der Waals surface area contributed by atoms with Crippen LogP contribution in [0.3, 0.4) is 0 Å². The Labute approximate surface area is 99.8 Å². The van der Waals surface area contributed by atoms with Crippen LogP contribution in [0.5, 0.6) is 0 Å². The number of hydrogen-bond acceptors (Lipinski definition) is 4. The Hall–Kier alpha value is -0.160. The smallest absolute Gasteiger partial charge is 0.0900 e. The molecule has 0 amide bonds. The van der Waals surface area contributed by atoms with Crippen LogP contribution in [0.15, 0.2) is 0 Å². The third-order valence-electron chi connectivity index (χ3n) is 2.74. The number of rotatable bonds is 9. The van der Waals surface area contributed by atoms with Crippen LogP contribution in [0.25, 0.3) is 0 Å². The molecule has 4 nitrogen and oxygen atoms in total. The van der Waals surface area contributed by atoms with Crippen molar-refractivity contribution >= 4 is 0 Å². The van der Waals surface area contributed by atoms with Gasteiger partial charge in [0, 0.05) is 19.2 Å². The van der Waals surface area contributed by atoms with Crippen LogP contribution in [0.4, 0.5) is 0 Å². The van der Waals surface area contributed by atoms with Crippen LogP contribution in [0.1, 0.15) is 27.2 Å². The number of ether oxygens (including phenoxy) is 1. The lowest BCUT2D eigenvalue weighted by Crippen LogP contribution is -2.36. The predicted octanol–water partition coefficient (Wildman–Crippen LogP) is 0.689. The maximum absolute atomic E-state index is 9.63. The number of aliphatic hydroxyl groups excluding tert-OH is 1. The maximum Gasteiger partial charge on any atom is 0.0900 e. The lowest BCUT2D eigenvalue weighted by molar-refractivity contribution is 0.0250. The standard InChI is InChI=1S/C12H28N2O2/c1-5-16-9-11(15)8-14(4)7-6-12(13)10(2)3/h10-12,15H,5-9,13H2,1-4H3. The molecule has 0 spiro atoms. The zero-order valence-electron chi connectivity index (χ0n) is 11.1. The molecule has 0 rings (SSSR count). The molecule has 0 saturated heterocycles. The molecule has 4 heteroatoms. The van der Waals surface area contributed by atoms with Crippen molar-refractivity contribution in [3.63, 3.8) is 0 Å². The molecule has 0 radical (unpaired) electrons. The number of hydrogen-bond donors (Lipinski definition) is 2. The highest BCUT2D eigenvalue weighted by Gasteiger charge is 2.11. The minimum Gasteiger partial charge on any atom is -0.389 e. The van der Waals surface area contributed by atoms with Crippen LogP contribution in [-0.2, 0) is 4.74 Å². The fraction of sp³-hybridized carbons (Fsp3) is 1.00. The summed E-state index contributed by atoms with van der Waals surface area (Å²) in [5, 5.41) is 9.63. The number of aliphatic hydroxyl groups is 1. The van der Waals surface area contributed by atoms with E-state index >= 15 is 0 Å². The highest BCUT2D eigenvalue weighted by Crippen LogP contribution is 2.03. The van der Waals surface area contributed by atoms with Gasteiger partial charge in [0.2, 0.25) is 0 Å². The van der Waals surface area contributed by atoms with Gasteiger partial charge in [-0.25, -0.2) is 0 Å². The van der Waals surface area contributed by atoms with Crippen molar-refractivity contribution in [3.8, 4) is 0 Å². The monoisotopic (exact) mass is 232 g/mol. The fourth-order valence-electron chi connectivity index (χ4n) is 1.46. The largest absolute Gasteiger partial charge is 0.389 e. The second-order valence-corrected chi connectivity index (χ2v) is 4.77. The van der Waals surface area contributed by atoms with Gasteiger partial charge < -0.3 is 20.5 Å². The van der Waals surface area contributed by atoms with Crippen LogP contribution < -0.4 is 5.73 Å². The van der Waals surface area contributed by atoms with Crippen molar-refractivity contribution in [2.75, 3.05) is 33.4 Å². The van der Waals surface area contributed by atoms with E-state index in [1.54, 1.807) is 0 Å². The van der Waals surface area contributed by atoms with Gasteiger partial charge in [0.25, 0.3) is 0 Å². The third kappa shape index (κ3) is 8.05. The molecule has 2 unspecified atom stereocenters. The van der Waals surface area contributed by atoms with E-state index in [2.05, 4.69) is 18.7 Å². The van der Waals surface area contributed by atoms with E-state index in [0.29, 0.717) is 25.7 Å².